The van der Waals surface area contributed by atoms with Crippen molar-refractivity contribution in [1.82, 2.24) is 5.32 Å². The highest BCUT2D eigenvalue weighted by Crippen LogP contribution is 2.05. The van der Waals surface area contributed by atoms with Gasteiger partial charge in [0, 0.05) is 18.7 Å². The van der Waals surface area contributed by atoms with Crippen molar-refractivity contribution < 1.29 is 4.79 Å². The Bertz CT molecular complexity index is 338. The first-order valence-electron chi connectivity index (χ1n) is 6.33. The lowest BCUT2D eigenvalue weighted by atomic mass is 10.1. The minimum atomic E-state index is 0. The molecule has 3 nitrogen and oxygen atoms in total. The first kappa shape index (κ1) is 16.8. The fourth-order valence-corrected chi connectivity index (χ4v) is 1.65. The lowest BCUT2D eigenvalue weighted by Crippen LogP contribution is -2.25. The zero-order valence-corrected chi connectivity index (χ0v) is 11.8. The second-order valence-electron chi connectivity index (χ2n) is 4.30. The van der Waals surface area contributed by atoms with Crippen LogP contribution in [-0.4, -0.2) is 12.5 Å². The van der Waals surface area contributed by atoms with Gasteiger partial charge in [-0.1, -0.05) is 31.9 Å². The Morgan fingerprint density at radius 3 is 2.50 bits per heavy atom. The summed E-state index contributed by atoms with van der Waals surface area (Å²) >= 11 is 0. The van der Waals surface area contributed by atoms with E-state index in [-0.39, 0.29) is 18.3 Å². The Morgan fingerprint density at radius 1 is 1.22 bits per heavy atom. The molecule has 1 rings (SSSR count). The SMILES string of the molecule is CCCCCC(=O)NCCc1ccc(N)cc1.Cl. The topological polar surface area (TPSA) is 55.1 Å². The van der Waals surface area contributed by atoms with E-state index in [4.69, 9.17) is 5.73 Å². The second kappa shape index (κ2) is 9.77. The quantitative estimate of drug-likeness (QED) is 0.591. The molecule has 1 aromatic rings. The van der Waals surface area contributed by atoms with Gasteiger partial charge in [-0.05, 0) is 30.5 Å². The molecule has 0 saturated carbocycles. The van der Waals surface area contributed by atoms with Gasteiger partial charge >= 0.3 is 0 Å². The summed E-state index contributed by atoms with van der Waals surface area (Å²) in [6, 6.07) is 7.77. The maximum Gasteiger partial charge on any atom is 0.220 e. The van der Waals surface area contributed by atoms with E-state index < -0.39 is 0 Å². The molecule has 0 fully saturated rings. The van der Waals surface area contributed by atoms with Crippen molar-refractivity contribution in [1.29, 1.82) is 0 Å². The molecule has 0 radical (unpaired) electrons. The van der Waals surface area contributed by atoms with Crippen LogP contribution in [0.2, 0.25) is 0 Å². The number of nitrogens with two attached hydrogens (primary N) is 1. The maximum atomic E-state index is 11.4. The Morgan fingerprint density at radius 2 is 1.89 bits per heavy atom. The third-order valence-electron chi connectivity index (χ3n) is 2.72. The summed E-state index contributed by atoms with van der Waals surface area (Å²) in [5.74, 6) is 0.161. The Hall–Kier alpha value is -1.22. The largest absolute Gasteiger partial charge is 0.399 e. The molecule has 0 saturated heterocycles. The van der Waals surface area contributed by atoms with Gasteiger partial charge in [-0.25, -0.2) is 0 Å². The van der Waals surface area contributed by atoms with Gasteiger partial charge in [0.15, 0.2) is 0 Å². The number of amides is 1. The van der Waals surface area contributed by atoms with Crippen molar-refractivity contribution in [3.63, 3.8) is 0 Å². The molecule has 0 atom stereocenters. The molecule has 1 aromatic carbocycles. The van der Waals surface area contributed by atoms with Gasteiger partial charge in [0.25, 0.3) is 0 Å². The predicted molar refractivity (Wildman–Crippen MR) is 79.0 cm³/mol. The number of carbonyl (C=O) groups is 1. The summed E-state index contributed by atoms with van der Waals surface area (Å²) < 4.78 is 0. The van der Waals surface area contributed by atoms with Crippen molar-refractivity contribution in [2.24, 2.45) is 0 Å². The summed E-state index contributed by atoms with van der Waals surface area (Å²) in [5.41, 5.74) is 7.58. The summed E-state index contributed by atoms with van der Waals surface area (Å²) in [6.07, 6.45) is 4.78. The number of carbonyl (C=O) groups excluding carboxylic acids is 1. The molecule has 18 heavy (non-hydrogen) atoms. The second-order valence-corrected chi connectivity index (χ2v) is 4.30. The van der Waals surface area contributed by atoms with Crippen LogP contribution in [0.5, 0.6) is 0 Å². The molecule has 0 heterocycles. The average molecular weight is 271 g/mol. The van der Waals surface area contributed by atoms with Crippen LogP contribution >= 0.6 is 12.4 Å². The van der Waals surface area contributed by atoms with Gasteiger partial charge in [-0.3, -0.25) is 4.79 Å². The lowest BCUT2D eigenvalue weighted by Gasteiger charge is -2.05. The molecule has 3 N–H and O–H groups in total. The standard InChI is InChI=1S/C14H22N2O.ClH/c1-2-3-4-5-14(17)16-11-10-12-6-8-13(15)9-7-12;/h6-9H,2-5,10-11,15H2,1H3,(H,16,17);1H. The van der Waals surface area contributed by atoms with Crippen LogP contribution in [0.4, 0.5) is 5.69 Å². The van der Waals surface area contributed by atoms with Crippen LogP contribution in [0.25, 0.3) is 0 Å². The van der Waals surface area contributed by atoms with E-state index in [9.17, 15) is 4.79 Å². The van der Waals surface area contributed by atoms with Gasteiger partial charge in [-0.2, -0.15) is 0 Å². The molecular weight excluding hydrogens is 248 g/mol. The van der Waals surface area contributed by atoms with E-state index >= 15 is 0 Å². The maximum absolute atomic E-state index is 11.4. The number of anilines is 1. The van der Waals surface area contributed by atoms with E-state index in [1.54, 1.807) is 0 Å². The normalized spacial score (nSPS) is 9.61. The van der Waals surface area contributed by atoms with E-state index in [0.717, 1.165) is 31.4 Å². The predicted octanol–water partition coefficient (Wildman–Crippen LogP) is 2.93. The molecule has 0 aromatic heterocycles. The molecule has 4 heteroatoms. The molecular formula is C14H23ClN2O. The van der Waals surface area contributed by atoms with Gasteiger partial charge in [0.2, 0.25) is 5.91 Å². The molecule has 0 spiro atoms. The molecule has 1 amide bonds. The number of halogens is 1. The van der Waals surface area contributed by atoms with Crippen molar-refractivity contribution in [3.8, 4) is 0 Å². The highest BCUT2D eigenvalue weighted by Gasteiger charge is 2.00. The summed E-state index contributed by atoms with van der Waals surface area (Å²) in [5, 5.41) is 2.93. The number of nitrogens with one attached hydrogen (secondary N) is 1. The van der Waals surface area contributed by atoms with Crippen LogP contribution in [-0.2, 0) is 11.2 Å². The van der Waals surface area contributed by atoms with Crippen molar-refractivity contribution in [2.45, 2.75) is 39.0 Å². The monoisotopic (exact) mass is 270 g/mol. The Kier molecular flexibility index (Phi) is 9.11. The van der Waals surface area contributed by atoms with E-state index in [2.05, 4.69) is 12.2 Å². The average Bonchev–Trinajstić information content (AvgIpc) is 2.32. The van der Waals surface area contributed by atoms with Crippen LogP contribution in [0.1, 0.15) is 38.2 Å². The minimum Gasteiger partial charge on any atom is -0.399 e. The number of rotatable bonds is 7. The summed E-state index contributed by atoms with van der Waals surface area (Å²) in [4.78, 5) is 11.4. The van der Waals surface area contributed by atoms with Gasteiger partial charge < -0.3 is 11.1 Å². The van der Waals surface area contributed by atoms with Gasteiger partial charge in [0.05, 0.1) is 0 Å². The zero-order valence-electron chi connectivity index (χ0n) is 10.9. The third-order valence-corrected chi connectivity index (χ3v) is 2.72. The number of unbranched alkanes of at least 4 members (excludes halogenated alkanes) is 2. The van der Waals surface area contributed by atoms with Gasteiger partial charge in [-0.15, -0.1) is 12.4 Å². The van der Waals surface area contributed by atoms with Crippen LogP contribution in [0, 0.1) is 0 Å². The van der Waals surface area contributed by atoms with Crippen molar-refractivity contribution in [3.05, 3.63) is 29.8 Å². The van der Waals surface area contributed by atoms with E-state index in [1.165, 1.54) is 5.56 Å². The molecule has 0 aliphatic carbocycles. The van der Waals surface area contributed by atoms with Crippen LogP contribution in [0.3, 0.4) is 0 Å². The number of hydrogen-bond acceptors (Lipinski definition) is 2. The van der Waals surface area contributed by atoms with E-state index in [1.807, 2.05) is 24.3 Å². The summed E-state index contributed by atoms with van der Waals surface area (Å²) in [6.45, 7) is 2.84. The fraction of sp³-hybridized carbons (Fsp3) is 0.500. The van der Waals surface area contributed by atoms with Crippen LogP contribution in [0.15, 0.2) is 24.3 Å². The minimum absolute atomic E-state index is 0. The highest BCUT2D eigenvalue weighted by molar-refractivity contribution is 5.85. The number of nitrogen functional groups attached to an aromatic ring is 1. The smallest absolute Gasteiger partial charge is 0.220 e. The van der Waals surface area contributed by atoms with Crippen molar-refractivity contribution in [2.75, 3.05) is 12.3 Å². The number of hydrogen-bond donors (Lipinski definition) is 2. The first-order valence-corrected chi connectivity index (χ1v) is 6.33. The molecule has 0 bridgehead atoms. The third kappa shape index (κ3) is 7.17. The highest BCUT2D eigenvalue weighted by atomic mass is 35.5. The molecule has 102 valence electrons. The van der Waals surface area contributed by atoms with Gasteiger partial charge in [0.1, 0.15) is 0 Å². The fourth-order valence-electron chi connectivity index (χ4n) is 1.65. The Labute approximate surface area is 116 Å². The van der Waals surface area contributed by atoms with Crippen LogP contribution < -0.4 is 11.1 Å². The first-order chi connectivity index (χ1) is 8.22. The lowest BCUT2D eigenvalue weighted by molar-refractivity contribution is -0.121. The Balaban J connectivity index is 0.00000289. The number of benzene rings is 1. The molecule has 0 unspecified atom stereocenters. The summed E-state index contributed by atoms with van der Waals surface area (Å²) in [7, 11) is 0. The van der Waals surface area contributed by atoms with E-state index in [0.29, 0.717) is 13.0 Å². The van der Waals surface area contributed by atoms with Crippen molar-refractivity contribution >= 4 is 24.0 Å². The zero-order chi connectivity index (χ0) is 12.5. The molecule has 0 aliphatic heterocycles. The molecule has 0 aliphatic rings.